The highest BCUT2D eigenvalue weighted by atomic mass is 16.5. The predicted molar refractivity (Wildman–Crippen MR) is 95.8 cm³/mol. The standard InChI is InChI=1S/C18H30N4O2/c1-12-9-22(10-13(2)24-12)11-14-7-17(19)21-18(8-14)20-15-3-5-16(23)6-4-15/h7-8,12-13,15-16,23H,3-6,9-11H2,1-2H3,(H3,19,20,21). The minimum atomic E-state index is -0.141. The van der Waals surface area contributed by atoms with Crippen LogP contribution in [0.2, 0.25) is 0 Å². The molecule has 1 aromatic heterocycles. The number of ether oxygens (including phenoxy) is 1. The number of aliphatic hydroxyl groups excluding tert-OH is 1. The number of morpholine rings is 1. The van der Waals surface area contributed by atoms with E-state index in [1.165, 1.54) is 5.56 Å². The molecular formula is C18H30N4O2. The molecule has 6 heteroatoms. The van der Waals surface area contributed by atoms with Gasteiger partial charge < -0.3 is 20.9 Å². The molecule has 134 valence electrons. The zero-order chi connectivity index (χ0) is 17.1. The lowest BCUT2D eigenvalue weighted by Gasteiger charge is -2.35. The van der Waals surface area contributed by atoms with Gasteiger partial charge in [-0.15, -0.1) is 0 Å². The Morgan fingerprint density at radius 1 is 1.21 bits per heavy atom. The van der Waals surface area contributed by atoms with Crippen molar-refractivity contribution < 1.29 is 9.84 Å². The van der Waals surface area contributed by atoms with Crippen molar-refractivity contribution in [1.29, 1.82) is 0 Å². The van der Waals surface area contributed by atoms with Crippen LogP contribution in [-0.2, 0) is 11.3 Å². The van der Waals surface area contributed by atoms with Crippen LogP contribution in [-0.4, -0.2) is 52.4 Å². The molecule has 1 saturated heterocycles. The molecule has 2 fully saturated rings. The fourth-order valence-electron chi connectivity index (χ4n) is 3.88. The maximum atomic E-state index is 9.63. The lowest BCUT2D eigenvalue weighted by molar-refractivity contribution is -0.0704. The average Bonchev–Trinajstić information content (AvgIpc) is 2.48. The van der Waals surface area contributed by atoms with Crippen LogP contribution in [0.3, 0.4) is 0 Å². The first-order valence-electron chi connectivity index (χ1n) is 9.07. The van der Waals surface area contributed by atoms with Gasteiger partial charge in [-0.3, -0.25) is 4.90 Å². The molecule has 3 rings (SSSR count). The average molecular weight is 334 g/mol. The van der Waals surface area contributed by atoms with Crippen LogP contribution < -0.4 is 11.1 Å². The third-order valence-electron chi connectivity index (χ3n) is 4.86. The molecule has 0 radical (unpaired) electrons. The van der Waals surface area contributed by atoms with Gasteiger partial charge in [0, 0.05) is 25.7 Å². The van der Waals surface area contributed by atoms with Crippen molar-refractivity contribution in [2.75, 3.05) is 24.1 Å². The highest BCUT2D eigenvalue weighted by molar-refractivity contribution is 5.47. The van der Waals surface area contributed by atoms with Gasteiger partial charge in [-0.05, 0) is 57.2 Å². The number of nitrogens with two attached hydrogens (primary N) is 1. The molecular weight excluding hydrogens is 304 g/mol. The molecule has 0 bridgehead atoms. The van der Waals surface area contributed by atoms with Crippen molar-refractivity contribution in [2.24, 2.45) is 0 Å². The smallest absolute Gasteiger partial charge is 0.128 e. The van der Waals surface area contributed by atoms with Crippen molar-refractivity contribution in [2.45, 2.75) is 70.4 Å². The van der Waals surface area contributed by atoms with Gasteiger partial charge in [0.15, 0.2) is 0 Å². The summed E-state index contributed by atoms with van der Waals surface area (Å²) in [5.41, 5.74) is 7.19. The summed E-state index contributed by atoms with van der Waals surface area (Å²) < 4.78 is 5.80. The number of nitrogens with one attached hydrogen (secondary N) is 1. The second-order valence-corrected chi connectivity index (χ2v) is 7.39. The van der Waals surface area contributed by atoms with Gasteiger partial charge in [-0.25, -0.2) is 4.98 Å². The number of nitrogens with zero attached hydrogens (tertiary/aromatic N) is 2. The van der Waals surface area contributed by atoms with Gasteiger partial charge in [0.25, 0.3) is 0 Å². The molecule has 2 unspecified atom stereocenters. The fraction of sp³-hybridized carbons (Fsp3) is 0.722. The first-order chi connectivity index (χ1) is 11.5. The van der Waals surface area contributed by atoms with Gasteiger partial charge in [0.05, 0.1) is 18.3 Å². The molecule has 1 aliphatic heterocycles. The van der Waals surface area contributed by atoms with E-state index in [2.05, 4.69) is 35.1 Å². The molecule has 1 saturated carbocycles. The van der Waals surface area contributed by atoms with E-state index >= 15 is 0 Å². The van der Waals surface area contributed by atoms with Crippen molar-refractivity contribution in [1.82, 2.24) is 9.88 Å². The Labute approximate surface area is 144 Å². The van der Waals surface area contributed by atoms with E-state index in [0.717, 1.165) is 51.1 Å². The number of anilines is 2. The Kier molecular flexibility index (Phi) is 5.58. The summed E-state index contributed by atoms with van der Waals surface area (Å²) in [6, 6.07) is 4.44. The lowest BCUT2D eigenvalue weighted by atomic mass is 9.93. The largest absolute Gasteiger partial charge is 0.393 e. The van der Waals surface area contributed by atoms with Crippen molar-refractivity contribution in [3.05, 3.63) is 17.7 Å². The summed E-state index contributed by atoms with van der Waals surface area (Å²) in [6.45, 7) is 6.98. The number of aliphatic hydroxyl groups is 1. The van der Waals surface area contributed by atoms with E-state index < -0.39 is 0 Å². The summed E-state index contributed by atoms with van der Waals surface area (Å²) >= 11 is 0. The third-order valence-corrected chi connectivity index (χ3v) is 4.86. The molecule has 4 N–H and O–H groups in total. The highest BCUT2D eigenvalue weighted by Gasteiger charge is 2.23. The molecule has 0 aromatic carbocycles. The lowest BCUT2D eigenvalue weighted by Crippen LogP contribution is -2.44. The van der Waals surface area contributed by atoms with Crippen LogP contribution in [0.25, 0.3) is 0 Å². The van der Waals surface area contributed by atoms with Gasteiger partial charge >= 0.3 is 0 Å². The first-order valence-corrected chi connectivity index (χ1v) is 9.07. The van der Waals surface area contributed by atoms with Crippen molar-refractivity contribution >= 4 is 11.6 Å². The molecule has 2 aliphatic rings. The van der Waals surface area contributed by atoms with Crippen molar-refractivity contribution in [3.63, 3.8) is 0 Å². The van der Waals surface area contributed by atoms with E-state index in [1.807, 2.05) is 6.07 Å². The summed E-state index contributed by atoms with van der Waals surface area (Å²) in [6.07, 6.45) is 4.06. The summed E-state index contributed by atoms with van der Waals surface area (Å²) in [5, 5.41) is 13.1. The number of hydrogen-bond acceptors (Lipinski definition) is 6. The Hall–Kier alpha value is -1.37. The monoisotopic (exact) mass is 334 g/mol. The molecule has 24 heavy (non-hydrogen) atoms. The van der Waals surface area contributed by atoms with Gasteiger partial charge in [-0.2, -0.15) is 0 Å². The second kappa shape index (κ2) is 7.68. The minimum absolute atomic E-state index is 0.141. The highest BCUT2D eigenvalue weighted by Crippen LogP contribution is 2.23. The SMILES string of the molecule is CC1CN(Cc2cc(N)nc(NC3CCC(O)CC3)c2)CC(C)O1. The molecule has 2 atom stereocenters. The topological polar surface area (TPSA) is 83.6 Å². The number of rotatable bonds is 4. The van der Waals surface area contributed by atoms with E-state index in [1.54, 1.807) is 0 Å². The Morgan fingerprint density at radius 3 is 2.54 bits per heavy atom. The summed E-state index contributed by atoms with van der Waals surface area (Å²) in [7, 11) is 0. The molecule has 0 spiro atoms. The summed E-state index contributed by atoms with van der Waals surface area (Å²) in [4.78, 5) is 6.84. The molecule has 2 heterocycles. The predicted octanol–water partition coefficient (Wildman–Crippen LogP) is 1.99. The van der Waals surface area contributed by atoms with Crippen LogP contribution in [0.5, 0.6) is 0 Å². The minimum Gasteiger partial charge on any atom is -0.393 e. The Balaban J connectivity index is 1.63. The van der Waals surface area contributed by atoms with Crippen LogP contribution in [0.4, 0.5) is 11.6 Å². The van der Waals surface area contributed by atoms with Gasteiger partial charge in [-0.1, -0.05) is 0 Å². The Bertz CT molecular complexity index is 536. The number of nitrogen functional groups attached to an aromatic ring is 1. The van der Waals surface area contributed by atoms with Crippen LogP contribution in [0, 0.1) is 0 Å². The molecule has 1 aromatic rings. The normalized spacial score (nSPS) is 31.8. The maximum absolute atomic E-state index is 9.63. The van der Waals surface area contributed by atoms with Crippen LogP contribution in [0.1, 0.15) is 45.1 Å². The number of aromatic nitrogens is 1. The van der Waals surface area contributed by atoms with Crippen molar-refractivity contribution in [3.8, 4) is 0 Å². The van der Waals surface area contributed by atoms with E-state index in [4.69, 9.17) is 10.5 Å². The maximum Gasteiger partial charge on any atom is 0.128 e. The van der Waals surface area contributed by atoms with Gasteiger partial charge in [0.1, 0.15) is 11.6 Å². The number of pyridine rings is 1. The van der Waals surface area contributed by atoms with Crippen LogP contribution >= 0.6 is 0 Å². The quantitative estimate of drug-likeness (QED) is 0.781. The first kappa shape index (κ1) is 17.5. The molecule has 1 aliphatic carbocycles. The number of hydrogen-bond donors (Lipinski definition) is 3. The Morgan fingerprint density at radius 2 is 1.88 bits per heavy atom. The zero-order valence-corrected chi connectivity index (χ0v) is 14.7. The third kappa shape index (κ3) is 4.82. The van der Waals surface area contributed by atoms with Gasteiger partial charge in [0.2, 0.25) is 0 Å². The molecule has 6 nitrogen and oxygen atoms in total. The van der Waals surface area contributed by atoms with E-state index in [9.17, 15) is 5.11 Å². The van der Waals surface area contributed by atoms with E-state index in [0.29, 0.717) is 11.9 Å². The van der Waals surface area contributed by atoms with Crippen LogP contribution in [0.15, 0.2) is 12.1 Å². The second-order valence-electron chi connectivity index (χ2n) is 7.39. The molecule has 0 amide bonds. The summed E-state index contributed by atoms with van der Waals surface area (Å²) in [5.74, 6) is 1.40. The van der Waals surface area contributed by atoms with E-state index in [-0.39, 0.29) is 18.3 Å². The fourth-order valence-corrected chi connectivity index (χ4v) is 3.88. The zero-order valence-electron chi connectivity index (χ0n) is 14.7.